The lowest BCUT2D eigenvalue weighted by Crippen LogP contribution is -2.41. The number of benzene rings is 4. The minimum absolute atomic E-state index is 0.000939. The molecule has 0 atom stereocenters. The van der Waals surface area contributed by atoms with Gasteiger partial charge in [0.25, 0.3) is 23.6 Å². The second-order valence-corrected chi connectivity index (χ2v) is 13.9. The molecule has 4 aromatic rings. The Balaban J connectivity index is 1.46. The smallest absolute Gasteiger partial charge is 0.267 e. The first-order chi connectivity index (χ1) is 24.9. The van der Waals surface area contributed by atoms with Crippen LogP contribution in [-0.2, 0) is 9.59 Å². The normalized spacial score (nSPS) is 11.5. The van der Waals surface area contributed by atoms with E-state index in [-0.39, 0.29) is 36.7 Å². The molecular weight excluding hydrogens is 792 g/mol. The molecule has 12 heteroatoms. The number of nitrogens with one attached hydrogen (secondary N) is 4. The summed E-state index contributed by atoms with van der Waals surface area (Å²) in [6, 6.07) is 27.7. The van der Waals surface area contributed by atoms with E-state index in [0.29, 0.717) is 33.8 Å². The first-order valence-corrected chi connectivity index (χ1v) is 18.1. The lowest BCUT2D eigenvalue weighted by atomic mass is 10.1. The topological polar surface area (TPSA) is 135 Å². The fourth-order valence-electron chi connectivity index (χ4n) is 4.61. The molecule has 0 heterocycles. The van der Waals surface area contributed by atoms with Gasteiger partial charge in [-0.15, -0.1) is 0 Å². The molecule has 4 amide bonds. The van der Waals surface area contributed by atoms with E-state index in [4.69, 9.17) is 9.47 Å². The van der Waals surface area contributed by atoms with Crippen LogP contribution < -0.4 is 30.7 Å². The van der Waals surface area contributed by atoms with E-state index in [1.807, 2.05) is 27.7 Å². The first kappa shape index (κ1) is 39.6. The molecule has 52 heavy (non-hydrogen) atoms. The molecule has 0 aromatic heterocycles. The molecule has 0 aliphatic heterocycles. The summed E-state index contributed by atoms with van der Waals surface area (Å²) in [7, 11) is 0. The van der Waals surface area contributed by atoms with Gasteiger partial charge in [-0.1, -0.05) is 56.1 Å². The molecule has 0 saturated heterocycles. The van der Waals surface area contributed by atoms with E-state index in [1.165, 1.54) is 0 Å². The van der Waals surface area contributed by atoms with Crippen molar-refractivity contribution in [3.8, 4) is 11.5 Å². The summed E-state index contributed by atoms with van der Waals surface area (Å²) in [5.74, 6) is -0.725. The first-order valence-electron chi connectivity index (χ1n) is 16.5. The van der Waals surface area contributed by atoms with Gasteiger partial charge in [-0.2, -0.15) is 0 Å². The van der Waals surface area contributed by atoms with Crippen molar-refractivity contribution in [3.05, 3.63) is 140 Å². The number of carbonyl (C=O) groups is 4. The second-order valence-electron chi connectivity index (χ2n) is 12.0. The molecule has 270 valence electrons. The van der Waals surface area contributed by atoms with Crippen LogP contribution in [0, 0.1) is 0 Å². The number of carbonyl (C=O) groups excluding carboxylic acids is 4. The molecular formula is C40H40Br2N4O6. The van der Waals surface area contributed by atoms with Gasteiger partial charge in [-0.3, -0.25) is 19.2 Å². The Hall–Kier alpha value is -5.20. The van der Waals surface area contributed by atoms with Crippen LogP contribution in [0.2, 0.25) is 0 Å². The Morgan fingerprint density at radius 1 is 0.538 bits per heavy atom. The second kappa shape index (κ2) is 19.4. The average molecular weight is 833 g/mol. The number of amides is 4. The van der Waals surface area contributed by atoms with Gasteiger partial charge >= 0.3 is 0 Å². The number of hydrogen-bond donors (Lipinski definition) is 4. The Morgan fingerprint density at radius 2 is 0.865 bits per heavy atom. The highest BCUT2D eigenvalue weighted by Crippen LogP contribution is 2.18. The van der Waals surface area contributed by atoms with Crippen LogP contribution in [0.3, 0.4) is 0 Å². The fraction of sp³-hybridized carbons (Fsp3) is 0.200. The van der Waals surface area contributed by atoms with Crippen molar-refractivity contribution >= 4 is 67.6 Å². The molecule has 10 nitrogen and oxygen atoms in total. The Bertz CT molecular complexity index is 1760. The molecule has 0 bridgehead atoms. The van der Waals surface area contributed by atoms with Crippen molar-refractivity contribution in [3.63, 3.8) is 0 Å². The van der Waals surface area contributed by atoms with Crippen LogP contribution in [-0.4, -0.2) is 48.9 Å². The average Bonchev–Trinajstić information content (AvgIpc) is 3.11. The van der Waals surface area contributed by atoms with Crippen LogP contribution in [0.1, 0.15) is 59.5 Å². The van der Waals surface area contributed by atoms with E-state index < -0.39 is 23.6 Å². The zero-order valence-electron chi connectivity index (χ0n) is 29.2. The minimum atomic E-state index is -0.565. The van der Waals surface area contributed by atoms with Crippen LogP contribution in [0.4, 0.5) is 0 Å². The maximum atomic E-state index is 13.4. The summed E-state index contributed by atoms with van der Waals surface area (Å²) in [5, 5.41) is 10.9. The van der Waals surface area contributed by atoms with E-state index in [9.17, 15) is 19.2 Å². The van der Waals surface area contributed by atoms with Gasteiger partial charge in [0, 0.05) is 33.2 Å². The standard InChI is InChI=1S/C40H40Br2N4O6/c1-25(2)51-33-17-5-27(6-18-33)23-35(45-37(47)29-9-13-31(41)14-10-29)39(49)43-21-22-44-40(50)36(46-38(48)30-11-15-32(42)16-12-30)24-28-7-19-34(20-8-28)52-26(3)4/h5-20,23-26H,21-22H2,1-4H3,(H,43,49)(H,44,50)(H,45,47)(H,46,48)/b35-23-,36-24-. The number of rotatable bonds is 15. The Morgan fingerprint density at radius 3 is 1.17 bits per heavy atom. The SMILES string of the molecule is CC(C)Oc1ccc(/C=C(\NC(=O)c2ccc(Br)cc2)C(=O)NCCNC(=O)/C(=C/c2ccc(OC(C)C)cc2)NC(=O)c2ccc(Br)cc2)cc1. The van der Waals surface area contributed by atoms with Crippen LogP contribution in [0.5, 0.6) is 11.5 Å². The molecule has 0 saturated carbocycles. The van der Waals surface area contributed by atoms with Gasteiger partial charge in [-0.25, -0.2) is 0 Å². The summed E-state index contributed by atoms with van der Waals surface area (Å²) in [6.45, 7) is 7.75. The number of halogens is 2. The zero-order chi connectivity index (χ0) is 37.6. The third kappa shape index (κ3) is 12.8. The van der Waals surface area contributed by atoms with E-state index in [1.54, 1.807) is 109 Å². The molecule has 0 spiro atoms. The molecule has 4 rings (SSSR count). The third-order valence-electron chi connectivity index (χ3n) is 7.02. The molecule has 4 N–H and O–H groups in total. The van der Waals surface area contributed by atoms with Gasteiger partial charge in [0.15, 0.2) is 0 Å². The summed E-state index contributed by atoms with van der Waals surface area (Å²) in [6.07, 6.45) is 3.11. The fourth-order valence-corrected chi connectivity index (χ4v) is 5.14. The van der Waals surface area contributed by atoms with E-state index >= 15 is 0 Å². The molecule has 0 unspecified atom stereocenters. The quantitative estimate of drug-likeness (QED) is 0.0737. The summed E-state index contributed by atoms with van der Waals surface area (Å²) < 4.78 is 13.0. The largest absolute Gasteiger partial charge is 0.491 e. The van der Waals surface area contributed by atoms with Crippen LogP contribution >= 0.6 is 31.9 Å². The highest BCUT2D eigenvalue weighted by molar-refractivity contribution is 9.10. The maximum absolute atomic E-state index is 13.4. The molecule has 0 fully saturated rings. The van der Waals surface area contributed by atoms with Crippen molar-refractivity contribution in [1.29, 1.82) is 0 Å². The highest BCUT2D eigenvalue weighted by atomic mass is 79.9. The lowest BCUT2D eigenvalue weighted by molar-refractivity contribution is -0.119. The predicted molar refractivity (Wildman–Crippen MR) is 210 cm³/mol. The minimum Gasteiger partial charge on any atom is -0.491 e. The molecule has 0 aliphatic rings. The van der Waals surface area contributed by atoms with Gasteiger partial charge in [0.05, 0.1) is 12.2 Å². The van der Waals surface area contributed by atoms with Crippen LogP contribution in [0.25, 0.3) is 12.2 Å². The summed E-state index contributed by atoms with van der Waals surface area (Å²) in [5.41, 5.74) is 2.05. The van der Waals surface area contributed by atoms with Crippen molar-refractivity contribution in [1.82, 2.24) is 21.3 Å². The van der Waals surface area contributed by atoms with Gasteiger partial charge in [0.2, 0.25) is 0 Å². The van der Waals surface area contributed by atoms with Gasteiger partial charge < -0.3 is 30.7 Å². The monoisotopic (exact) mass is 830 g/mol. The van der Waals surface area contributed by atoms with E-state index in [0.717, 1.165) is 8.95 Å². The Kier molecular flexibility index (Phi) is 14.8. The van der Waals surface area contributed by atoms with Crippen molar-refractivity contribution in [2.75, 3.05) is 13.1 Å². The van der Waals surface area contributed by atoms with Crippen molar-refractivity contribution < 1.29 is 28.7 Å². The maximum Gasteiger partial charge on any atom is 0.267 e. The van der Waals surface area contributed by atoms with Gasteiger partial charge in [0.1, 0.15) is 22.9 Å². The predicted octanol–water partition coefficient (Wildman–Crippen LogP) is 7.26. The van der Waals surface area contributed by atoms with E-state index in [2.05, 4.69) is 53.1 Å². The van der Waals surface area contributed by atoms with Crippen molar-refractivity contribution in [2.45, 2.75) is 39.9 Å². The van der Waals surface area contributed by atoms with Crippen LogP contribution in [0.15, 0.2) is 117 Å². The summed E-state index contributed by atoms with van der Waals surface area (Å²) >= 11 is 6.72. The molecule has 0 radical (unpaired) electrons. The zero-order valence-corrected chi connectivity index (χ0v) is 32.3. The Labute approximate surface area is 320 Å². The van der Waals surface area contributed by atoms with Gasteiger partial charge in [-0.05, 0) is 124 Å². The number of hydrogen-bond acceptors (Lipinski definition) is 6. The molecule has 0 aliphatic carbocycles. The highest BCUT2D eigenvalue weighted by Gasteiger charge is 2.17. The number of ether oxygens (including phenoxy) is 2. The molecule has 4 aromatic carbocycles. The lowest BCUT2D eigenvalue weighted by Gasteiger charge is -2.14. The van der Waals surface area contributed by atoms with Crippen molar-refractivity contribution in [2.24, 2.45) is 0 Å². The summed E-state index contributed by atoms with van der Waals surface area (Å²) in [4.78, 5) is 53.0. The third-order valence-corrected chi connectivity index (χ3v) is 8.08.